The third-order valence-corrected chi connectivity index (χ3v) is 5.04. The molecule has 2 unspecified atom stereocenters. The summed E-state index contributed by atoms with van der Waals surface area (Å²) in [6, 6.07) is 5.36. The van der Waals surface area contributed by atoms with Gasteiger partial charge in [-0.2, -0.15) is 4.98 Å². The molecule has 2 atom stereocenters. The fraction of sp³-hybridized carbons (Fsp3) is 0.250. The van der Waals surface area contributed by atoms with E-state index in [1.807, 2.05) is 0 Å². The quantitative estimate of drug-likeness (QED) is 0.829. The number of aliphatic imine (C=N–C) groups is 1. The van der Waals surface area contributed by atoms with Crippen molar-refractivity contribution in [1.82, 2.24) is 9.55 Å². The van der Waals surface area contributed by atoms with Crippen LogP contribution in [0.1, 0.15) is 11.8 Å². The molecule has 1 aromatic heterocycles. The van der Waals surface area contributed by atoms with Gasteiger partial charge in [0.25, 0.3) is 5.91 Å². The molecule has 2 aliphatic heterocycles. The van der Waals surface area contributed by atoms with Crippen molar-refractivity contribution in [2.24, 2.45) is 4.99 Å². The van der Waals surface area contributed by atoms with Crippen LogP contribution in [-0.2, 0) is 9.53 Å². The Kier molecular flexibility index (Phi) is 4.31. The van der Waals surface area contributed by atoms with Crippen LogP contribution in [0.2, 0.25) is 0 Å². The molecule has 10 heteroatoms. The molecule has 1 saturated heterocycles. The average Bonchev–Trinajstić information content (AvgIpc) is 3.20. The number of thioether (sulfide) groups is 1. The second kappa shape index (κ2) is 6.63. The molecule has 3 heterocycles. The van der Waals surface area contributed by atoms with Crippen LogP contribution in [0, 0.1) is 5.82 Å². The zero-order valence-electron chi connectivity index (χ0n) is 13.3. The molecule has 0 bridgehead atoms. The number of hydrogen-bond donors (Lipinski definition) is 2. The third-order valence-electron chi connectivity index (χ3n) is 3.93. The van der Waals surface area contributed by atoms with Crippen molar-refractivity contribution in [3.8, 4) is 0 Å². The molecule has 1 aromatic carbocycles. The first-order valence-electron chi connectivity index (χ1n) is 7.72. The van der Waals surface area contributed by atoms with Gasteiger partial charge in [-0.15, -0.1) is 11.8 Å². The summed E-state index contributed by atoms with van der Waals surface area (Å²) >= 11 is 1.40. The fourth-order valence-corrected chi connectivity index (χ4v) is 3.65. The Morgan fingerprint density at radius 2 is 2.27 bits per heavy atom. The minimum atomic E-state index is -0.589. The maximum Gasteiger partial charge on any atom is 0.351 e. The molecule has 2 aliphatic rings. The van der Waals surface area contributed by atoms with Crippen molar-refractivity contribution in [3.63, 3.8) is 0 Å². The van der Waals surface area contributed by atoms with E-state index >= 15 is 0 Å². The molecule has 0 radical (unpaired) electrons. The molecular formula is C16H13FN4O4S. The maximum absolute atomic E-state index is 13.5. The largest absolute Gasteiger partial charge is 0.393 e. The smallest absolute Gasteiger partial charge is 0.351 e. The molecule has 0 aliphatic carbocycles. The van der Waals surface area contributed by atoms with E-state index in [9.17, 15) is 14.0 Å². The standard InChI is InChI=1S/C16H13FN4O4S/c17-8-1-2-10-9(5-8)14(15(23)18-10)19-11-3-4-21(16(24)20-11)12-7-26-13(6-22)25-12/h1-5,12-13,22H,6-7H2,(H,18,19,20,23,24). The molecule has 2 aromatic rings. The lowest BCUT2D eigenvalue weighted by Gasteiger charge is -2.13. The number of aliphatic hydroxyl groups is 1. The Bertz CT molecular complexity index is 977. The Hall–Kier alpha value is -2.56. The Labute approximate surface area is 150 Å². The first-order chi connectivity index (χ1) is 12.5. The van der Waals surface area contributed by atoms with E-state index in [1.165, 1.54) is 46.8 Å². The van der Waals surface area contributed by atoms with Gasteiger partial charge < -0.3 is 15.2 Å². The van der Waals surface area contributed by atoms with Gasteiger partial charge in [-0.1, -0.05) is 0 Å². The van der Waals surface area contributed by atoms with Crippen LogP contribution in [0.4, 0.5) is 15.9 Å². The van der Waals surface area contributed by atoms with E-state index in [0.29, 0.717) is 17.0 Å². The highest BCUT2D eigenvalue weighted by Gasteiger charge is 2.28. The highest BCUT2D eigenvalue weighted by Crippen LogP contribution is 2.30. The highest BCUT2D eigenvalue weighted by molar-refractivity contribution is 8.00. The van der Waals surface area contributed by atoms with E-state index in [0.717, 1.165) is 0 Å². The zero-order chi connectivity index (χ0) is 18.3. The number of aromatic nitrogens is 2. The van der Waals surface area contributed by atoms with Crippen LogP contribution in [-0.4, -0.2) is 44.1 Å². The molecular weight excluding hydrogens is 363 g/mol. The van der Waals surface area contributed by atoms with E-state index in [4.69, 9.17) is 9.84 Å². The summed E-state index contributed by atoms with van der Waals surface area (Å²) < 4.78 is 20.3. The summed E-state index contributed by atoms with van der Waals surface area (Å²) in [6.45, 7) is -0.139. The van der Waals surface area contributed by atoms with E-state index in [1.54, 1.807) is 0 Å². The molecule has 134 valence electrons. The van der Waals surface area contributed by atoms with Gasteiger partial charge in [0.15, 0.2) is 5.82 Å². The minimum absolute atomic E-state index is 0.00262. The number of nitrogens with zero attached hydrogens (tertiary/aromatic N) is 3. The number of carbonyl (C=O) groups is 1. The summed E-state index contributed by atoms with van der Waals surface area (Å²) in [7, 11) is 0. The summed E-state index contributed by atoms with van der Waals surface area (Å²) in [4.78, 5) is 32.3. The monoisotopic (exact) mass is 376 g/mol. The number of halogens is 1. The lowest BCUT2D eigenvalue weighted by Crippen LogP contribution is -2.28. The summed E-state index contributed by atoms with van der Waals surface area (Å²) in [5.41, 5.74) is -0.191. The summed E-state index contributed by atoms with van der Waals surface area (Å²) in [5.74, 6) is -0.433. The minimum Gasteiger partial charge on any atom is -0.393 e. The number of amides is 1. The normalized spacial score (nSPS) is 23.3. The van der Waals surface area contributed by atoms with Crippen molar-refractivity contribution >= 4 is 34.9 Å². The molecule has 1 fully saturated rings. The third kappa shape index (κ3) is 3.02. The molecule has 1 amide bonds. The van der Waals surface area contributed by atoms with E-state index in [-0.39, 0.29) is 23.6 Å². The lowest BCUT2D eigenvalue weighted by atomic mass is 10.1. The number of rotatable bonds is 3. The topological polar surface area (TPSA) is 106 Å². The number of fused-ring (bicyclic) bond motifs is 1. The van der Waals surface area contributed by atoms with Crippen LogP contribution in [0.25, 0.3) is 0 Å². The van der Waals surface area contributed by atoms with Gasteiger partial charge in [-0.05, 0) is 24.3 Å². The number of aliphatic hydroxyl groups excluding tert-OH is 1. The number of ether oxygens (including phenoxy) is 1. The second-order valence-electron chi connectivity index (χ2n) is 5.62. The van der Waals surface area contributed by atoms with Gasteiger partial charge >= 0.3 is 5.69 Å². The zero-order valence-corrected chi connectivity index (χ0v) is 14.1. The predicted octanol–water partition coefficient (Wildman–Crippen LogP) is 1.04. The fourth-order valence-electron chi connectivity index (χ4n) is 2.72. The van der Waals surface area contributed by atoms with Crippen LogP contribution >= 0.6 is 11.8 Å². The van der Waals surface area contributed by atoms with Gasteiger partial charge in [0.05, 0.1) is 12.3 Å². The van der Waals surface area contributed by atoms with Crippen LogP contribution in [0.3, 0.4) is 0 Å². The molecule has 8 nitrogen and oxygen atoms in total. The average molecular weight is 376 g/mol. The summed E-state index contributed by atoms with van der Waals surface area (Å²) in [5, 5.41) is 11.7. The predicted molar refractivity (Wildman–Crippen MR) is 93.2 cm³/mol. The van der Waals surface area contributed by atoms with Crippen molar-refractivity contribution < 1.29 is 19.0 Å². The summed E-state index contributed by atoms with van der Waals surface area (Å²) in [6.07, 6.45) is 0.947. The van der Waals surface area contributed by atoms with Crippen LogP contribution in [0.5, 0.6) is 0 Å². The molecule has 0 saturated carbocycles. The second-order valence-corrected chi connectivity index (χ2v) is 6.81. The van der Waals surface area contributed by atoms with Gasteiger partial charge in [0.1, 0.15) is 23.2 Å². The van der Waals surface area contributed by atoms with Crippen molar-refractivity contribution in [2.75, 3.05) is 17.7 Å². The number of carbonyl (C=O) groups excluding carboxylic acids is 1. The molecule has 0 spiro atoms. The van der Waals surface area contributed by atoms with Crippen molar-refractivity contribution in [3.05, 3.63) is 52.3 Å². The van der Waals surface area contributed by atoms with Crippen LogP contribution < -0.4 is 11.0 Å². The Morgan fingerprint density at radius 3 is 3.00 bits per heavy atom. The first kappa shape index (κ1) is 16.9. The molecule has 2 N–H and O–H groups in total. The van der Waals surface area contributed by atoms with Gasteiger partial charge in [0.2, 0.25) is 0 Å². The SMILES string of the molecule is O=C1Nc2ccc(F)cc2C1=Nc1ccn(C2CSC(CO)O2)c(=O)n1. The van der Waals surface area contributed by atoms with Gasteiger partial charge in [0, 0.05) is 17.5 Å². The Morgan fingerprint density at radius 1 is 1.42 bits per heavy atom. The van der Waals surface area contributed by atoms with Gasteiger partial charge in [-0.3, -0.25) is 9.36 Å². The van der Waals surface area contributed by atoms with E-state index < -0.39 is 23.6 Å². The van der Waals surface area contributed by atoms with Gasteiger partial charge in [-0.25, -0.2) is 14.2 Å². The number of hydrogen-bond acceptors (Lipinski definition) is 7. The number of anilines is 1. The van der Waals surface area contributed by atoms with E-state index in [2.05, 4.69) is 15.3 Å². The number of nitrogens with one attached hydrogen (secondary N) is 1. The first-order valence-corrected chi connectivity index (χ1v) is 8.77. The molecule has 4 rings (SSSR count). The molecule has 26 heavy (non-hydrogen) atoms. The lowest BCUT2D eigenvalue weighted by molar-refractivity contribution is -0.110. The Balaban J connectivity index is 1.65. The van der Waals surface area contributed by atoms with Crippen molar-refractivity contribution in [2.45, 2.75) is 11.7 Å². The highest BCUT2D eigenvalue weighted by atomic mass is 32.2. The number of benzene rings is 1. The van der Waals surface area contributed by atoms with Crippen LogP contribution in [0.15, 0.2) is 40.2 Å². The maximum atomic E-state index is 13.5. The van der Waals surface area contributed by atoms with Crippen molar-refractivity contribution in [1.29, 1.82) is 0 Å².